The third-order valence-corrected chi connectivity index (χ3v) is 4.17. The number of ether oxygens (including phenoxy) is 1. The maximum Gasteiger partial charge on any atom is 0.237 e. The molecular weight excluding hydrogens is 254 g/mol. The summed E-state index contributed by atoms with van der Waals surface area (Å²) in [7, 11) is 1.79. The maximum absolute atomic E-state index is 11.7. The number of likely N-dealkylation sites (tertiary alicyclic amines) is 1. The molecule has 1 aliphatic heterocycles. The lowest BCUT2D eigenvalue weighted by atomic mass is 9.93. The molecular formula is C15H31N3O2. The third-order valence-electron chi connectivity index (χ3n) is 4.17. The van der Waals surface area contributed by atoms with E-state index in [4.69, 9.17) is 10.5 Å². The van der Waals surface area contributed by atoms with Crippen molar-refractivity contribution in [1.82, 2.24) is 10.2 Å². The van der Waals surface area contributed by atoms with Gasteiger partial charge in [0.05, 0.1) is 11.6 Å². The van der Waals surface area contributed by atoms with E-state index in [0.717, 1.165) is 45.3 Å². The topological polar surface area (TPSA) is 67.6 Å². The number of methoxy groups -OCH3 is 1. The summed E-state index contributed by atoms with van der Waals surface area (Å²) in [5, 5.41) is 3.30. The van der Waals surface area contributed by atoms with Crippen LogP contribution in [0, 0.1) is 0 Å². The van der Waals surface area contributed by atoms with Gasteiger partial charge in [-0.1, -0.05) is 0 Å². The summed E-state index contributed by atoms with van der Waals surface area (Å²) in [5.41, 5.74) is 4.94. The van der Waals surface area contributed by atoms with Gasteiger partial charge in [-0.3, -0.25) is 4.79 Å². The molecule has 1 amide bonds. The highest BCUT2D eigenvalue weighted by Crippen LogP contribution is 2.17. The van der Waals surface area contributed by atoms with Crippen LogP contribution in [0.25, 0.3) is 0 Å². The van der Waals surface area contributed by atoms with E-state index in [1.54, 1.807) is 7.11 Å². The van der Waals surface area contributed by atoms with Crippen LogP contribution in [-0.2, 0) is 9.53 Å². The number of rotatable bonds is 8. The smallest absolute Gasteiger partial charge is 0.237 e. The first-order chi connectivity index (χ1) is 9.37. The Bertz CT molecular complexity index is 301. The van der Waals surface area contributed by atoms with Gasteiger partial charge < -0.3 is 20.7 Å². The lowest BCUT2D eigenvalue weighted by Gasteiger charge is -2.33. The number of nitrogens with zero attached hydrogens (tertiary/aromatic N) is 1. The van der Waals surface area contributed by atoms with E-state index >= 15 is 0 Å². The van der Waals surface area contributed by atoms with E-state index in [0.29, 0.717) is 6.10 Å². The Hall–Kier alpha value is -0.650. The van der Waals surface area contributed by atoms with E-state index in [1.165, 1.54) is 0 Å². The summed E-state index contributed by atoms with van der Waals surface area (Å²) in [4.78, 5) is 14.1. The highest BCUT2D eigenvalue weighted by molar-refractivity contribution is 5.84. The summed E-state index contributed by atoms with van der Waals surface area (Å²) < 4.78 is 5.38. The van der Waals surface area contributed by atoms with Gasteiger partial charge in [-0.15, -0.1) is 0 Å². The summed E-state index contributed by atoms with van der Waals surface area (Å²) >= 11 is 0. The Balaban J connectivity index is 2.33. The molecule has 0 aromatic heterocycles. The molecule has 1 fully saturated rings. The Kier molecular flexibility index (Phi) is 6.92. The van der Waals surface area contributed by atoms with E-state index in [9.17, 15) is 4.79 Å². The second-order valence-electron chi connectivity index (χ2n) is 6.38. The number of nitrogens with two attached hydrogens (primary N) is 1. The molecule has 1 rings (SSSR count). The average molecular weight is 285 g/mol. The molecule has 0 spiro atoms. The Labute approximate surface area is 123 Å². The Morgan fingerprint density at radius 1 is 1.45 bits per heavy atom. The molecule has 118 valence electrons. The Morgan fingerprint density at radius 2 is 2.05 bits per heavy atom. The molecule has 5 nitrogen and oxygen atoms in total. The minimum Gasteiger partial charge on any atom is -0.381 e. The minimum absolute atomic E-state index is 0.255. The van der Waals surface area contributed by atoms with Crippen LogP contribution in [0.4, 0.5) is 0 Å². The predicted molar refractivity (Wildman–Crippen MR) is 81.6 cm³/mol. The average Bonchev–Trinajstić information content (AvgIpc) is 2.38. The molecule has 1 atom stereocenters. The van der Waals surface area contributed by atoms with Crippen molar-refractivity contribution in [3.63, 3.8) is 0 Å². The van der Waals surface area contributed by atoms with E-state index in [1.807, 2.05) is 20.8 Å². The number of amides is 1. The molecule has 0 aromatic rings. The predicted octanol–water partition coefficient (Wildman–Crippen LogP) is 1.12. The van der Waals surface area contributed by atoms with Crippen LogP contribution in [0.15, 0.2) is 0 Å². The van der Waals surface area contributed by atoms with Gasteiger partial charge in [0.1, 0.15) is 0 Å². The van der Waals surface area contributed by atoms with Crippen LogP contribution in [0.3, 0.4) is 0 Å². The fourth-order valence-corrected chi connectivity index (χ4v) is 2.93. The number of piperidine rings is 1. The molecule has 1 unspecified atom stereocenters. The standard InChI is InChI=1S/C15H31N3O2/c1-12(2)17-15(3,14(16)19)8-5-9-18-10-6-13(20-4)7-11-18/h12-13,17H,5-11H2,1-4H3,(H2,16,19). The lowest BCUT2D eigenvalue weighted by molar-refractivity contribution is -0.124. The van der Waals surface area contributed by atoms with Gasteiger partial charge in [0.25, 0.3) is 0 Å². The molecule has 1 heterocycles. The van der Waals surface area contributed by atoms with Gasteiger partial charge >= 0.3 is 0 Å². The van der Waals surface area contributed by atoms with Crippen LogP contribution in [0.1, 0.15) is 46.5 Å². The summed E-state index contributed by atoms with van der Waals surface area (Å²) in [6, 6.07) is 0.255. The van der Waals surface area contributed by atoms with Crippen molar-refractivity contribution < 1.29 is 9.53 Å². The number of carbonyl (C=O) groups excluding carboxylic acids is 1. The summed E-state index contributed by atoms with van der Waals surface area (Å²) in [5.74, 6) is -0.260. The van der Waals surface area contributed by atoms with E-state index in [2.05, 4.69) is 10.2 Å². The summed E-state index contributed by atoms with van der Waals surface area (Å²) in [6.45, 7) is 9.19. The largest absolute Gasteiger partial charge is 0.381 e. The van der Waals surface area contributed by atoms with Crippen molar-refractivity contribution in [2.45, 2.75) is 64.1 Å². The number of primary amides is 1. The van der Waals surface area contributed by atoms with Gasteiger partial charge in [-0.05, 0) is 53.0 Å². The van der Waals surface area contributed by atoms with Crippen LogP contribution in [0.2, 0.25) is 0 Å². The normalized spacial score (nSPS) is 21.1. The molecule has 1 saturated heterocycles. The van der Waals surface area contributed by atoms with E-state index < -0.39 is 5.54 Å². The van der Waals surface area contributed by atoms with Gasteiger partial charge in [0.15, 0.2) is 0 Å². The summed E-state index contributed by atoms with van der Waals surface area (Å²) in [6.07, 6.45) is 4.40. The number of nitrogens with one attached hydrogen (secondary N) is 1. The first kappa shape index (κ1) is 17.4. The highest BCUT2D eigenvalue weighted by atomic mass is 16.5. The van der Waals surface area contributed by atoms with E-state index in [-0.39, 0.29) is 11.9 Å². The zero-order chi connectivity index (χ0) is 15.2. The third kappa shape index (κ3) is 5.38. The monoisotopic (exact) mass is 285 g/mol. The fraction of sp³-hybridized carbons (Fsp3) is 0.933. The van der Waals surface area contributed by atoms with Crippen LogP contribution >= 0.6 is 0 Å². The van der Waals surface area contributed by atoms with Crippen molar-refractivity contribution in [3.05, 3.63) is 0 Å². The second kappa shape index (κ2) is 7.96. The Morgan fingerprint density at radius 3 is 2.50 bits per heavy atom. The molecule has 5 heteroatoms. The van der Waals surface area contributed by atoms with Crippen molar-refractivity contribution in [1.29, 1.82) is 0 Å². The van der Waals surface area contributed by atoms with Crippen molar-refractivity contribution in [2.24, 2.45) is 5.73 Å². The number of hydrogen-bond acceptors (Lipinski definition) is 4. The number of hydrogen-bond donors (Lipinski definition) is 2. The molecule has 3 N–H and O–H groups in total. The lowest BCUT2D eigenvalue weighted by Crippen LogP contribution is -2.55. The minimum atomic E-state index is -0.598. The zero-order valence-electron chi connectivity index (χ0n) is 13.4. The first-order valence-corrected chi connectivity index (χ1v) is 7.70. The van der Waals surface area contributed by atoms with Gasteiger partial charge in [0.2, 0.25) is 5.91 Å². The fourth-order valence-electron chi connectivity index (χ4n) is 2.93. The van der Waals surface area contributed by atoms with Gasteiger partial charge in [-0.25, -0.2) is 0 Å². The van der Waals surface area contributed by atoms with Gasteiger partial charge in [-0.2, -0.15) is 0 Å². The molecule has 0 radical (unpaired) electrons. The zero-order valence-corrected chi connectivity index (χ0v) is 13.4. The quantitative estimate of drug-likeness (QED) is 0.701. The molecule has 1 aliphatic rings. The molecule has 0 saturated carbocycles. The maximum atomic E-state index is 11.7. The molecule has 20 heavy (non-hydrogen) atoms. The molecule has 0 bridgehead atoms. The second-order valence-corrected chi connectivity index (χ2v) is 6.38. The molecule has 0 aliphatic carbocycles. The van der Waals surface area contributed by atoms with Crippen molar-refractivity contribution >= 4 is 5.91 Å². The van der Waals surface area contributed by atoms with Crippen molar-refractivity contribution in [3.8, 4) is 0 Å². The molecule has 0 aromatic carbocycles. The highest BCUT2D eigenvalue weighted by Gasteiger charge is 2.31. The van der Waals surface area contributed by atoms with Crippen LogP contribution in [-0.4, -0.2) is 55.2 Å². The van der Waals surface area contributed by atoms with Crippen LogP contribution < -0.4 is 11.1 Å². The van der Waals surface area contributed by atoms with Crippen molar-refractivity contribution in [2.75, 3.05) is 26.7 Å². The van der Waals surface area contributed by atoms with Gasteiger partial charge in [0, 0.05) is 26.2 Å². The first-order valence-electron chi connectivity index (χ1n) is 7.70. The SMILES string of the molecule is COC1CCN(CCCC(C)(NC(C)C)C(N)=O)CC1. The van der Waals surface area contributed by atoms with Crippen LogP contribution in [0.5, 0.6) is 0 Å². The number of carbonyl (C=O) groups is 1.